The molecule has 1 aromatic heterocycles. The molecule has 0 amide bonds. The molecule has 0 N–H and O–H groups in total. The molecule has 1 aliphatic rings. The molecular weight excluding hydrogens is 190 g/mol. The highest BCUT2D eigenvalue weighted by molar-refractivity contribution is 5.73. The summed E-state index contributed by atoms with van der Waals surface area (Å²) >= 11 is 0. The fourth-order valence-electron chi connectivity index (χ4n) is 1.68. The predicted octanol–water partition coefficient (Wildman–Crippen LogP) is 1.38. The lowest BCUT2D eigenvalue weighted by Crippen LogP contribution is -2.22. The SMILES string of the molecule is CC1CC1CN(C)c1ncc(C=O)cn1. The molecule has 2 unspecified atom stereocenters. The Labute approximate surface area is 89.3 Å². The summed E-state index contributed by atoms with van der Waals surface area (Å²) in [5.41, 5.74) is 0.520. The number of nitrogens with zero attached hydrogens (tertiary/aromatic N) is 3. The van der Waals surface area contributed by atoms with Gasteiger partial charge in [-0.3, -0.25) is 4.79 Å². The Bertz CT molecular complexity index is 349. The molecule has 2 atom stereocenters. The van der Waals surface area contributed by atoms with Crippen molar-refractivity contribution in [3.63, 3.8) is 0 Å². The second-order valence-corrected chi connectivity index (χ2v) is 4.29. The molecule has 1 aliphatic carbocycles. The molecule has 1 aromatic rings. The predicted molar refractivity (Wildman–Crippen MR) is 58.0 cm³/mol. The summed E-state index contributed by atoms with van der Waals surface area (Å²) in [7, 11) is 1.99. The first kappa shape index (κ1) is 10.1. The van der Waals surface area contributed by atoms with E-state index >= 15 is 0 Å². The van der Waals surface area contributed by atoms with Crippen LogP contribution in [0.2, 0.25) is 0 Å². The second kappa shape index (κ2) is 3.96. The van der Waals surface area contributed by atoms with Gasteiger partial charge in [-0.25, -0.2) is 9.97 Å². The Morgan fingerprint density at radius 3 is 2.60 bits per heavy atom. The van der Waals surface area contributed by atoms with E-state index in [0.717, 1.165) is 24.7 Å². The minimum Gasteiger partial charge on any atom is -0.344 e. The van der Waals surface area contributed by atoms with Crippen LogP contribution in [-0.4, -0.2) is 29.8 Å². The molecule has 80 valence electrons. The summed E-state index contributed by atoms with van der Waals surface area (Å²) in [6, 6.07) is 0. The van der Waals surface area contributed by atoms with Crippen molar-refractivity contribution < 1.29 is 4.79 Å². The number of aromatic nitrogens is 2. The fourth-order valence-corrected chi connectivity index (χ4v) is 1.68. The van der Waals surface area contributed by atoms with Gasteiger partial charge >= 0.3 is 0 Å². The Kier molecular flexibility index (Phi) is 2.66. The van der Waals surface area contributed by atoms with Gasteiger partial charge in [-0.05, 0) is 18.3 Å². The number of hydrogen-bond donors (Lipinski definition) is 0. The van der Waals surface area contributed by atoms with E-state index in [-0.39, 0.29) is 0 Å². The Morgan fingerprint density at radius 2 is 2.13 bits per heavy atom. The zero-order valence-electron chi connectivity index (χ0n) is 9.05. The lowest BCUT2D eigenvalue weighted by atomic mass is 10.3. The smallest absolute Gasteiger partial charge is 0.225 e. The van der Waals surface area contributed by atoms with Gasteiger partial charge in [0.1, 0.15) is 0 Å². The third-order valence-corrected chi connectivity index (χ3v) is 2.92. The van der Waals surface area contributed by atoms with E-state index in [2.05, 4.69) is 16.9 Å². The Hall–Kier alpha value is -1.45. The van der Waals surface area contributed by atoms with Crippen molar-refractivity contribution in [2.24, 2.45) is 11.8 Å². The minimum absolute atomic E-state index is 0.520. The number of rotatable bonds is 4. The van der Waals surface area contributed by atoms with Crippen molar-refractivity contribution in [2.45, 2.75) is 13.3 Å². The van der Waals surface area contributed by atoms with Gasteiger partial charge in [-0.2, -0.15) is 0 Å². The molecule has 0 spiro atoms. The van der Waals surface area contributed by atoms with E-state index < -0.39 is 0 Å². The number of hydrogen-bond acceptors (Lipinski definition) is 4. The Balaban J connectivity index is 1.98. The molecule has 1 heterocycles. The van der Waals surface area contributed by atoms with Crippen LogP contribution in [0.5, 0.6) is 0 Å². The van der Waals surface area contributed by atoms with Crippen LogP contribution >= 0.6 is 0 Å². The molecule has 1 fully saturated rings. The van der Waals surface area contributed by atoms with Crippen LogP contribution in [0.25, 0.3) is 0 Å². The van der Waals surface area contributed by atoms with Crippen molar-refractivity contribution >= 4 is 12.2 Å². The first-order chi connectivity index (χ1) is 7.20. The average Bonchev–Trinajstić information content (AvgIpc) is 2.94. The van der Waals surface area contributed by atoms with Crippen molar-refractivity contribution in [2.75, 3.05) is 18.5 Å². The van der Waals surface area contributed by atoms with E-state index in [0.29, 0.717) is 11.5 Å². The third kappa shape index (κ3) is 2.32. The van der Waals surface area contributed by atoms with Gasteiger partial charge in [0.15, 0.2) is 6.29 Å². The van der Waals surface area contributed by atoms with Gasteiger partial charge in [0.2, 0.25) is 5.95 Å². The molecule has 4 heteroatoms. The molecular formula is C11H15N3O. The highest BCUT2D eigenvalue weighted by Crippen LogP contribution is 2.38. The monoisotopic (exact) mass is 205 g/mol. The summed E-state index contributed by atoms with van der Waals surface area (Å²) in [5, 5.41) is 0. The van der Waals surface area contributed by atoms with E-state index in [1.807, 2.05) is 11.9 Å². The molecule has 0 bridgehead atoms. The number of anilines is 1. The average molecular weight is 205 g/mol. The zero-order chi connectivity index (χ0) is 10.8. The maximum atomic E-state index is 10.4. The van der Waals surface area contributed by atoms with Crippen molar-refractivity contribution in [3.05, 3.63) is 18.0 Å². The van der Waals surface area contributed by atoms with E-state index in [4.69, 9.17) is 0 Å². The maximum absolute atomic E-state index is 10.4. The number of carbonyl (C=O) groups is 1. The lowest BCUT2D eigenvalue weighted by Gasteiger charge is -2.16. The summed E-state index contributed by atoms with van der Waals surface area (Å²) < 4.78 is 0. The van der Waals surface area contributed by atoms with E-state index in [1.165, 1.54) is 6.42 Å². The largest absolute Gasteiger partial charge is 0.344 e. The molecule has 0 saturated heterocycles. The Morgan fingerprint density at radius 1 is 1.53 bits per heavy atom. The third-order valence-electron chi connectivity index (χ3n) is 2.92. The van der Waals surface area contributed by atoms with Crippen LogP contribution in [0.4, 0.5) is 5.95 Å². The normalized spacial score (nSPS) is 23.6. The fraction of sp³-hybridized carbons (Fsp3) is 0.545. The zero-order valence-corrected chi connectivity index (χ0v) is 9.05. The van der Waals surface area contributed by atoms with Gasteiger partial charge in [0.25, 0.3) is 0 Å². The van der Waals surface area contributed by atoms with Crippen LogP contribution in [-0.2, 0) is 0 Å². The summed E-state index contributed by atoms with van der Waals surface area (Å²) in [4.78, 5) is 20.7. The molecule has 0 radical (unpaired) electrons. The molecule has 1 saturated carbocycles. The van der Waals surface area contributed by atoms with Crippen molar-refractivity contribution in [3.8, 4) is 0 Å². The summed E-state index contributed by atoms with van der Waals surface area (Å²) in [5.74, 6) is 2.31. The van der Waals surface area contributed by atoms with E-state index in [9.17, 15) is 4.79 Å². The topological polar surface area (TPSA) is 46.1 Å². The quantitative estimate of drug-likeness (QED) is 0.697. The number of aldehydes is 1. The molecule has 2 rings (SSSR count). The summed E-state index contributed by atoms with van der Waals surface area (Å²) in [6.45, 7) is 3.26. The molecule has 0 aliphatic heterocycles. The molecule has 15 heavy (non-hydrogen) atoms. The first-order valence-electron chi connectivity index (χ1n) is 5.19. The highest BCUT2D eigenvalue weighted by Gasteiger charge is 2.33. The molecule has 0 aromatic carbocycles. The second-order valence-electron chi connectivity index (χ2n) is 4.29. The van der Waals surface area contributed by atoms with E-state index in [1.54, 1.807) is 12.4 Å². The van der Waals surface area contributed by atoms with Gasteiger partial charge in [-0.15, -0.1) is 0 Å². The van der Waals surface area contributed by atoms with Gasteiger partial charge in [0.05, 0.1) is 5.56 Å². The van der Waals surface area contributed by atoms with Crippen LogP contribution in [0, 0.1) is 11.8 Å². The standard InChI is InChI=1S/C11H15N3O/c1-8-3-10(8)6-14(2)11-12-4-9(7-15)5-13-11/h4-5,7-8,10H,3,6H2,1-2H3. The van der Waals surface area contributed by atoms with Crippen molar-refractivity contribution in [1.82, 2.24) is 9.97 Å². The van der Waals surface area contributed by atoms with Crippen LogP contribution in [0.1, 0.15) is 23.7 Å². The van der Waals surface area contributed by atoms with Gasteiger partial charge in [-0.1, -0.05) is 6.92 Å². The maximum Gasteiger partial charge on any atom is 0.225 e. The summed E-state index contributed by atoms with van der Waals surface area (Å²) in [6.07, 6.45) is 5.17. The van der Waals surface area contributed by atoms with Gasteiger partial charge < -0.3 is 4.90 Å². The highest BCUT2D eigenvalue weighted by atomic mass is 16.1. The first-order valence-corrected chi connectivity index (χ1v) is 5.19. The minimum atomic E-state index is 0.520. The van der Waals surface area contributed by atoms with Crippen molar-refractivity contribution in [1.29, 1.82) is 0 Å². The van der Waals surface area contributed by atoms with Crippen LogP contribution < -0.4 is 4.90 Å². The van der Waals surface area contributed by atoms with Crippen LogP contribution in [0.3, 0.4) is 0 Å². The molecule has 4 nitrogen and oxygen atoms in total. The van der Waals surface area contributed by atoms with Crippen LogP contribution in [0.15, 0.2) is 12.4 Å². The van der Waals surface area contributed by atoms with Gasteiger partial charge in [0, 0.05) is 26.0 Å². The number of carbonyl (C=O) groups excluding carboxylic acids is 1. The lowest BCUT2D eigenvalue weighted by molar-refractivity contribution is 0.112.